The molecule has 0 aliphatic heterocycles. The Kier molecular flexibility index (Phi) is 6.43. The predicted molar refractivity (Wildman–Crippen MR) is 94.0 cm³/mol. The molecule has 124 valence electrons. The van der Waals surface area contributed by atoms with Gasteiger partial charge in [0.05, 0.1) is 6.04 Å². The van der Waals surface area contributed by atoms with Crippen molar-refractivity contribution in [3.63, 3.8) is 0 Å². The second-order valence-electron chi connectivity index (χ2n) is 5.59. The van der Waals surface area contributed by atoms with Crippen molar-refractivity contribution in [2.45, 2.75) is 12.5 Å². The summed E-state index contributed by atoms with van der Waals surface area (Å²) in [6.45, 7) is 1.09. The maximum atomic E-state index is 11.9. The van der Waals surface area contributed by atoms with E-state index in [-0.39, 0.29) is 17.8 Å². The lowest BCUT2D eigenvalue weighted by atomic mass is 10.1. The number of amides is 2. The molecule has 0 radical (unpaired) electrons. The van der Waals surface area contributed by atoms with Crippen molar-refractivity contribution in [2.24, 2.45) is 0 Å². The van der Waals surface area contributed by atoms with Gasteiger partial charge in [-0.25, -0.2) is 4.79 Å². The lowest BCUT2D eigenvalue weighted by Gasteiger charge is -2.24. The maximum Gasteiger partial charge on any atom is 0.314 e. The van der Waals surface area contributed by atoms with Crippen LogP contribution in [-0.4, -0.2) is 43.2 Å². The van der Waals surface area contributed by atoms with Gasteiger partial charge in [-0.3, -0.25) is 0 Å². The molecule has 2 amide bonds. The number of aromatic hydroxyl groups is 1. The number of phenols is 1. The van der Waals surface area contributed by atoms with Crippen molar-refractivity contribution < 1.29 is 9.90 Å². The molecule has 2 aromatic rings. The Morgan fingerprint density at radius 2 is 2.13 bits per heavy atom. The summed E-state index contributed by atoms with van der Waals surface area (Å²) in [6.07, 6.45) is 0.684. The van der Waals surface area contributed by atoms with E-state index in [1.165, 1.54) is 5.56 Å². The fraction of sp³-hybridized carbons (Fsp3) is 0.353. The minimum absolute atomic E-state index is 0.165. The van der Waals surface area contributed by atoms with Crippen LogP contribution < -0.4 is 10.6 Å². The van der Waals surface area contributed by atoms with E-state index in [1.807, 2.05) is 25.5 Å². The van der Waals surface area contributed by atoms with E-state index in [1.54, 1.807) is 29.5 Å². The Morgan fingerprint density at radius 1 is 1.30 bits per heavy atom. The molecule has 6 heteroatoms. The third-order valence-corrected chi connectivity index (χ3v) is 4.32. The highest BCUT2D eigenvalue weighted by Gasteiger charge is 2.15. The van der Waals surface area contributed by atoms with Crippen molar-refractivity contribution >= 4 is 17.4 Å². The summed E-state index contributed by atoms with van der Waals surface area (Å²) >= 11 is 1.66. The molecule has 1 heterocycles. The summed E-state index contributed by atoms with van der Waals surface area (Å²) in [6, 6.07) is 9.14. The van der Waals surface area contributed by atoms with E-state index >= 15 is 0 Å². The molecule has 2 rings (SSSR count). The first-order valence-corrected chi connectivity index (χ1v) is 8.48. The Labute approximate surface area is 140 Å². The van der Waals surface area contributed by atoms with Crippen LogP contribution in [0.5, 0.6) is 5.75 Å². The van der Waals surface area contributed by atoms with Crippen LogP contribution in [0, 0.1) is 0 Å². The zero-order chi connectivity index (χ0) is 16.7. The van der Waals surface area contributed by atoms with E-state index in [9.17, 15) is 9.90 Å². The Balaban J connectivity index is 1.74. The van der Waals surface area contributed by atoms with Gasteiger partial charge in [0.25, 0.3) is 0 Å². The van der Waals surface area contributed by atoms with Crippen LogP contribution in [-0.2, 0) is 6.42 Å². The van der Waals surface area contributed by atoms with Gasteiger partial charge in [0.1, 0.15) is 5.75 Å². The van der Waals surface area contributed by atoms with Crippen molar-refractivity contribution in [1.29, 1.82) is 0 Å². The summed E-state index contributed by atoms with van der Waals surface area (Å²) in [7, 11) is 4.01. The molecule has 0 bridgehead atoms. The largest absolute Gasteiger partial charge is 0.508 e. The number of nitrogens with zero attached hydrogens (tertiary/aromatic N) is 1. The van der Waals surface area contributed by atoms with E-state index in [0.29, 0.717) is 19.5 Å². The number of phenolic OH excluding ortho intramolecular Hbond substituents is 1. The van der Waals surface area contributed by atoms with Crippen LogP contribution in [0.2, 0.25) is 0 Å². The summed E-state index contributed by atoms with van der Waals surface area (Å²) in [5.41, 5.74) is 2.20. The highest BCUT2D eigenvalue weighted by atomic mass is 32.1. The number of carbonyl (C=O) groups is 1. The highest BCUT2D eigenvalue weighted by molar-refractivity contribution is 7.07. The molecule has 23 heavy (non-hydrogen) atoms. The maximum absolute atomic E-state index is 11.9. The zero-order valence-corrected chi connectivity index (χ0v) is 14.3. The van der Waals surface area contributed by atoms with Gasteiger partial charge in [-0.15, -0.1) is 0 Å². The van der Waals surface area contributed by atoms with Gasteiger partial charge in [-0.2, -0.15) is 11.3 Å². The molecule has 0 aliphatic carbocycles. The van der Waals surface area contributed by atoms with E-state index in [0.717, 1.165) is 5.56 Å². The Morgan fingerprint density at radius 3 is 2.78 bits per heavy atom. The summed E-state index contributed by atoms with van der Waals surface area (Å²) in [5.74, 6) is 0.247. The predicted octanol–water partition coefficient (Wildman–Crippen LogP) is 2.60. The van der Waals surface area contributed by atoms with Crippen molar-refractivity contribution in [2.75, 3.05) is 27.2 Å². The number of hydrogen-bond donors (Lipinski definition) is 3. The lowest BCUT2D eigenvalue weighted by molar-refractivity contribution is 0.233. The molecular formula is C17H23N3O2S. The number of hydrogen-bond acceptors (Lipinski definition) is 4. The number of benzene rings is 1. The number of thiophene rings is 1. The van der Waals surface area contributed by atoms with Crippen LogP contribution in [0.4, 0.5) is 4.79 Å². The quantitative estimate of drug-likeness (QED) is 0.730. The first kappa shape index (κ1) is 17.3. The second-order valence-corrected chi connectivity index (χ2v) is 6.37. The van der Waals surface area contributed by atoms with Crippen molar-refractivity contribution in [3.05, 3.63) is 52.2 Å². The van der Waals surface area contributed by atoms with Crippen LogP contribution >= 0.6 is 11.3 Å². The van der Waals surface area contributed by atoms with Gasteiger partial charge in [-0.1, -0.05) is 12.1 Å². The minimum atomic E-state index is -0.174. The van der Waals surface area contributed by atoms with Crippen molar-refractivity contribution in [3.8, 4) is 5.75 Å². The van der Waals surface area contributed by atoms with Crippen LogP contribution in [0.25, 0.3) is 0 Å². The molecule has 1 aromatic carbocycles. The van der Waals surface area contributed by atoms with Gasteiger partial charge in [0.2, 0.25) is 0 Å². The molecule has 1 aromatic heterocycles. The third-order valence-electron chi connectivity index (χ3n) is 3.62. The second kappa shape index (κ2) is 8.55. The molecule has 0 saturated carbocycles. The topological polar surface area (TPSA) is 64.6 Å². The van der Waals surface area contributed by atoms with Crippen LogP contribution in [0.1, 0.15) is 17.2 Å². The van der Waals surface area contributed by atoms with Crippen LogP contribution in [0.15, 0.2) is 41.1 Å². The Hall–Kier alpha value is -2.05. The summed E-state index contributed by atoms with van der Waals surface area (Å²) in [4.78, 5) is 14.0. The molecule has 3 N–H and O–H groups in total. The van der Waals surface area contributed by atoms with E-state index in [4.69, 9.17) is 0 Å². The molecule has 1 atom stereocenters. The standard InChI is InChI=1S/C17H23N3O2S/c1-20(2)16(14-7-9-23-12-14)11-19-17(22)18-8-6-13-4-3-5-15(21)10-13/h3-5,7,9-10,12,16,21H,6,8,11H2,1-2H3,(H2,18,19,22). The molecule has 0 saturated heterocycles. The van der Waals surface area contributed by atoms with Gasteiger partial charge in [0.15, 0.2) is 0 Å². The normalized spacial score (nSPS) is 12.1. The number of nitrogens with one attached hydrogen (secondary N) is 2. The molecule has 1 unspecified atom stereocenters. The highest BCUT2D eigenvalue weighted by Crippen LogP contribution is 2.19. The molecule has 5 nitrogen and oxygen atoms in total. The van der Waals surface area contributed by atoms with Crippen molar-refractivity contribution in [1.82, 2.24) is 15.5 Å². The zero-order valence-electron chi connectivity index (χ0n) is 13.5. The van der Waals surface area contributed by atoms with Gasteiger partial charge in [-0.05, 0) is 60.6 Å². The average Bonchev–Trinajstić information content (AvgIpc) is 3.01. The summed E-state index contributed by atoms with van der Waals surface area (Å²) < 4.78 is 0. The minimum Gasteiger partial charge on any atom is -0.508 e. The number of carbonyl (C=O) groups excluding carboxylic acids is 1. The smallest absolute Gasteiger partial charge is 0.314 e. The lowest BCUT2D eigenvalue weighted by Crippen LogP contribution is -2.41. The van der Waals surface area contributed by atoms with E-state index in [2.05, 4.69) is 27.0 Å². The third kappa shape index (κ3) is 5.58. The van der Waals surface area contributed by atoms with Crippen LogP contribution in [0.3, 0.4) is 0 Å². The summed E-state index contributed by atoms with van der Waals surface area (Å²) in [5, 5.41) is 19.3. The molecular weight excluding hydrogens is 310 g/mol. The van der Waals surface area contributed by atoms with Gasteiger partial charge < -0.3 is 20.6 Å². The number of urea groups is 1. The average molecular weight is 333 g/mol. The fourth-order valence-corrected chi connectivity index (χ4v) is 3.05. The molecule has 0 aliphatic rings. The molecule has 0 spiro atoms. The van der Waals surface area contributed by atoms with Gasteiger partial charge in [0, 0.05) is 13.1 Å². The first-order chi connectivity index (χ1) is 11.1. The fourth-order valence-electron chi connectivity index (χ4n) is 2.35. The molecule has 0 fully saturated rings. The first-order valence-electron chi connectivity index (χ1n) is 7.54. The Bertz CT molecular complexity index is 614. The number of rotatable bonds is 7. The SMILES string of the molecule is CN(C)C(CNC(=O)NCCc1cccc(O)c1)c1ccsc1. The van der Waals surface area contributed by atoms with Gasteiger partial charge >= 0.3 is 6.03 Å². The number of likely N-dealkylation sites (N-methyl/N-ethyl adjacent to an activating group) is 1. The van der Waals surface area contributed by atoms with E-state index < -0.39 is 0 Å². The monoisotopic (exact) mass is 333 g/mol.